The van der Waals surface area contributed by atoms with E-state index in [2.05, 4.69) is 0 Å². The van der Waals surface area contributed by atoms with Gasteiger partial charge in [-0.15, -0.1) is 0 Å². The highest BCUT2D eigenvalue weighted by Gasteiger charge is 2.51. The molecule has 0 N–H and O–H groups in total. The molecule has 2 aliphatic rings. The summed E-state index contributed by atoms with van der Waals surface area (Å²) in [5.74, 6) is -0.918. The van der Waals surface area contributed by atoms with Crippen molar-refractivity contribution in [3.63, 3.8) is 0 Å². The minimum atomic E-state index is -0.879. The molecule has 0 aliphatic carbocycles. The molecule has 2 heterocycles. The number of fused-ring (bicyclic) bond motifs is 2. The van der Waals surface area contributed by atoms with E-state index in [0.29, 0.717) is 6.32 Å². The molecule has 0 aromatic rings. The molecule has 4 atom stereocenters. The van der Waals surface area contributed by atoms with Crippen molar-refractivity contribution in [3.8, 4) is 0 Å². The van der Waals surface area contributed by atoms with E-state index in [9.17, 15) is 9.59 Å². The average molecular weight is 272 g/mol. The minimum absolute atomic E-state index is 0.187. The molecule has 0 radical (unpaired) electrons. The van der Waals surface area contributed by atoms with Crippen molar-refractivity contribution in [2.75, 3.05) is 6.61 Å². The predicted octanol–water partition coefficient (Wildman–Crippen LogP) is 0.130. The van der Waals surface area contributed by atoms with Gasteiger partial charge in [-0.1, -0.05) is 6.92 Å². The summed E-state index contributed by atoms with van der Waals surface area (Å²) in [7, 11) is -0.413. The van der Waals surface area contributed by atoms with Gasteiger partial charge in [-0.2, -0.15) is 0 Å². The number of carbonyl (C=O) groups is 2. The van der Waals surface area contributed by atoms with Gasteiger partial charge in [0.25, 0.3) is 0 Å². The molecule has 2 saturated heterocycles. The van der Waals surface area contributed by atoms with Crippen molar-refractivity contribution < 1.29 is 33.1 Å². The lowest BCUT2D eigenvalue weighted by atomic mass is 9.81. The molecule has 8 heteroatoms. The molecule has 106 valence electrons. The third kappa shape index (κ3) is 3.26. The lowest BCUT2D eigenvalue weighted by molar-refractivity contribution is -0.277. The SMILES string of the molecule is CCB1OC2COC(OC(C)=O)C(O1)C2OC(C)=O. The zero-order chi connectivity index (χ0) is 14.0. The topological polar surface area (TPSA) is 80.3 Å². The summed E-state index contributed by atoms with van der Waals surface area (Å²) in [6.07, 6.45) is -1.92. The fraction of sp³-hybridized carbons (Fsp3) is 0.818. The Kier molecular flexibility index (Phi) is 4.44. The molecule has 2 bridgehead atoms. The molecule has 2 aliphatic heterocycles. The Balaban J connectivity index is 2.13. The molecule has 0 spiro atoms. The monoisotopic (exact) mass is 272 g/mol. The molecule has 2 fully saturated rings. The molecule has 4 unspecified atom stereocenters. The average Bonchev–Trinajstić information content (AvgIpc) is 2.31. The van der Waals surface area contributed by atoms with Crippen molar-refractivity contribution in [3.05, 3.63) is 0 Å². The Bertz CT molecular complexity index is 361. The van der Waals surface area contributed by atoms with Gasteiger partial charge in [0.1, 0.15) is 12.2 Å². The van der Waals surface area contributed by atoms with Gasteiger partial charge in [0.2, 0.25) is 6.29 Å². The summed E-state index contributed by atoms with van der Waals surface area (Å²) in [6.45, 7) is 4.69. The highest BCUT2D eigenvalue weighted by molar-refractivity contribution is 6.44. The molecule has 0 aromatic heterocycles. The van der Waals surface area contributed by atoms with Crippen LogP contribution in [-0.4, -0.2) is 50.3 Å². The molecular formula is C11H17BO7. The molecular weight excluding hydrogens is 255 g/mol. The van der Waals surface area contributed by atoms with Crippen LogP contribution in [0, 0.1) is 0 Å². The second-order valence-corrected chi connectivity index (χ2v) is 4.50. The first-order chi connectivity index (χ1) is 9.01. The first kappa shape index (κ1) is 14.3. The van der Waals surface area contributed by atoms with Gasteiger partial charge in [0.15, 0.2) is 6.10 Å². The maximum Gasteiger partial charge on any atom is 0.457 e. The Morgan fingerprint density at radius 3 is 2.47 bits per heavy atom. The molecule has 7 nitrogen and oxygen atoms in total. The van der Waals surface area contributed by atoms with E-state index in [1.165, 1.54) is 13.8 Å². The second kappa shape index (κ2) is 5.89. The number of hydrogen-bond donors (Lipinski definition) is 0. The van der Waals surface area contributed by atoms with Crippen molar-refractivity contribution >= 4 is 19.1 Å². The quantitative estimate of drug-likeness (QED) is 0.533. The number of carbonyl (C=O) groups excluding carboxylic acids is 2. The zero-order valence-electron chi connectivity index (χ0n) is 11.2. The summed E-state index contributed by atoms with van der Waals surface area (Å²) < 4.78 is 26.9. The van der Waals surface area contributed by atoms with Crippen LogP contribution in [0.1, 0.15) is 20.8 Å². The number of ether oxygens (including phenoxy) is 3. The van der Waals surface area contributed by atoms with E-state index in [1.54, 1.807) is 0 Å². The summed E-state index contributed by atoms with van der Waals surface area (Å²) in [5.41, 5.74) is 0. The molecule has 0 saturated carbocycles. The Morgan fingerprint density at radius 2 is 1.89 bits per heavy atom. The number of rotatable bonds is 3. The molecule has 19 heavy (non-hydrogen) atoms. The fourth-order valence-corrected chi connectivity index (χ4v) is 2.20. The van der Waals surface area contributed by atoms with Gasteiger partial charge in [0, 0.05) is 13.8 Å². The first-order valence-electron chi connectivity index (χ1n) is 6.28. The van der Waals surface area contributed by atoms with E-state index in [4.69, 9.17) is 23.5 Å². The van der Waals surface area contributed by atoms with E-state index in [1.807, 2.05) is 6.92 Å². The van der Waals surface area contributed by atoms with E-state index in [-0.39, 0.29) is 6.61 Å². The molecule has 0 aromatic carbocycles. The largest absolute Gasteiger partial charge is 0.457 e. The Morgan fingerprint density at radius 1 is 1.21 bits per heavy atom. The van der Waals surface area contributed by atoms with Crippen LogP contribution in [0.3, 0.4) is 0 Å². The van der Waals surface area contributed by atoms with Crippen LogP contribution in [0.5, 0.6) is 0 Å². The maximum atomic E-state index is 11.1. The van der Waals surface area contributed by atoms with Gasteiger partial charge in [-0.05, 0) is 6.32 Å². The van der Waals surface area contributed by atoms with E-state index >= 15 is 0 Å². The van der Waals surface area contributed by atoms with E-state index in [0.717, 1.165) is 0 Å². The summed E-state index contributed by atoms with van der Waals surface area (Å²) >= 11 is 0. The number of hydrogen-bond acceptors (Lipinski definition) is 7. The normalized spacial score (nSPS) is 33.7. The highest BCUT2D eigenvalue weighted by Crippen LogP contribution is 2.30. The fourth-order valence-electron chi connectivity index (χ4n) is 2.20. The van der Waals surface area contributed by atoms with Crippen molar-refractivity contribution in [2.45, 2.75) is 51.7 Å². The Hall–Kier alpha value is -1.12. The van der Waals surface area contributed by atoms with Gasteiger partial charge < -0.3 is 23.5 Å². The van der Waals surface area contributed by atoms with Crippen molar-refractivity contribution in [2.24, 2.45) is 0 Å². The van der Waals surface area contributed by atoms with Crippen LogP contribution in [0.15, 0.2) is 0 Å². The second-order valence-electron chi connectivity index (χ2n) is 4.50. The zero-order valence-corrected chi connectivity index (χ0v) is 11.2. The van der Waals surface area contributed by atoms with Crippen LogP contribution in [0.2, 0.25) is 6.32 Å². The van der Waals surface area contributed by atoms with Gasteiger partial charge >= 0.3 is 19.1 Å². The van der Waals surface area contributed by atoms with Crippen LogP contribution >= 0.6 is 0 Å². The van der Waals surface area contributed by atoms with Crippen LogP contribution in [-0.2, 0) is 33.1 Å². The summed E-state index contributed by atoms with van der Waals surface area (Å²) in [6, 6.07) is 0. The van der Waals surface area contributed by atoms with Crippen LogP contribution in [0.25, 0.3) is 0 Å². The third-order valence-electron chi connectivity index (χ3n) is 2.94. The number of esters is 2. The minimum Gasteiger partial charge on any atom is -0.457 e. The standard InChI is InChI=1S/C11H17BO7/c1-4-12-18-8-5-15-11(17-7(3)14)10(19-12)9(8)16-6(2)13/h8-11H,4-5H2,1-3H3. The van der Waals surface area contributed by atoms with Gasteiger partial charge in [-0.3, -0.25) is 9.59 Å². The smallest absolute Gasteiger partial charge is 0.457 e. The lowest BCUT2D eigenvalue weighted by Crippen LogP contribution is -2.64. The third-order valence-corrected chi connectivity index (χ3v) is 2.94. The van der Waals surface area contributed by atoms with E-state index < -0.39 is 43.7 Å². The molecule has 2 rings (SSSR count). The Labute approximate surface area is 111 Å². The van der Waals surface area contributed by atoms with Crippen LogP contribution < -0.4 is 0 Å². The summed E-state index contributed by atoms with van der Waals surface area (Å²) in [5, 5.41) is 0. The highest BCUT2D eigenvalue weighted by atomic mass is 16.8. The van der Waals surface area contributed by atoms with Gasteiger partial charge in [0.05, 0.1) is 6.61 Å². The van der Waals surface area contributed by atoms with Crippen molar-refractivity contribution in [1.82, 2.24) is 0 Å². The maximum absolute atomic E-state index is 11.1. The first-order valence-corrected chi connectivity index (χ1v) is 6.28. The summed E-state index contributed by atoms with van der Waals surface area (Å²) in [4.78, 5) is 22.2. The van der Waals surface area contributed by atoms with Gasteiger partial charge in [-0.25, -0.2) is 0 Å². The predicted molar refractivity (Wildman–Crippen MR) is 63.0 cm³/mol. The lowest BCUT2D eigenvalue weighted by Gasteiger charge is -2.46. The van der Waals surface area contributed by atoms with Crippen molar-refractivity contribution in [1.29, 1.82) is 0 Å². The van der Waals surface area contributed by atoms with Crippen LogP contribution in [0.4, 0.5) is 0 Å². The molecule has 0 amide bonds.